The molecule has 0 radical (unpaired) electrons. The molecule has 1 aromatic carbocycles. The van der Waals surface area contributed by atoms with E-state index >= 15 is 0 Å². The van der Waals surface area contributed by atoms with E-state index in [1.165, 1.54) is 24.0 Å². The smallest absolute Gasteiger partial charge is 0.0266 e. The predicted molar refractivity (Wildman–Crippen MR) is 51.0 cm³/mol. The van der Waals surface area contributed by atoms with Crippen LogP contribution in [0.4, 0.5) is 0 Å². The fourth-order valence-electron chi connectivity index (χ4n) is 1.49. The molecule has 1 aliphatic carbocycles. The third-order valence-electron chi connectivity index (χ3n) is 2.51. The summed E-state index contributed by atoms with van der Waals surface area (Å²) in [4.78, 5) is 0. The predicted octanol–water partition coefficient (Wildman–Crippen LogP) is 2.58. The van der Waals surface area contributed by atoms with Crippen molar-refractivity contribution in [3.63, 3.8) is 0 Å². The molecule has 1 aliphatic rings. The van der Waals surface area contributed by atoms with Crippen molar-refractivity contribution in [3.8, 4) is 0 Å². The lowest BCUT2D eigenvalue weighted by molar-refractivity contribution is 0.817. The van der Waals surface area contributed by atoms with E-state index in [0.717, 1.165) is 5.92 Å². The molecule has 12 heavy (non-hydrogen) atoms. The number of hydrogen-bond acceptors (Lipinski definition) is 1. The average Bonchev–Trinajstić information content (AvgIpc) is 2.87. The third kappa shape index (κ3) is 1.51. The van der Waals surface area contributed by atoms with E-state index < -0.39 is 0 Å². The zero-order valence-corrected chi connectivity index (χ0v) is 7.46. The van der Waals surface area contributed by atoms with Gasteiger partial charge in [-0.05, 0) is 36.8 Å². The van der Waals surface area contributed by atoms with Crippen molar-refractivity contribution in [2.75, 3.05) is 0 Å². The van der Waals surface area contributed by atoms with E-state index in [0.29, 0.717) is 0 Å². The topological polar surface area (TPSA) is 26.0 Å². The van der Waals surface area contributed by atoms with Crippen molar-refractivity contribution in [1.82, 2.24) is 0 Å². The molecule has 2 N–H and O–H groups in total. The van der Waals surface area contributed by atoms with E-state index in [1.54, 1.807) is 0 Å². The van der Waals surface area contributed by atoms with Crippen LogP contribution in [0.25, 0.3) is 0 Å². The van der Waals surface area contributed by atoms with Gasteiger partial charge in [-0.3, -0.25) is 0 Å². The molecule has 0 saturated heterocycles. The fraction of sp³-hybridized carbons (Fsp3) is 0.455. The summed E-state index contributed by atoms with van der Waals surface area (Å²) in [6, 6.07) is 8.90. The molecule has 64 valence electrons. The molecular formula is C11H15N. The van der Waals surface area contributed by atoms with Crippen LogP contribution in [0.15, 0.2) is 24.3 Å². The first-order valence-electron chi connectivity index (χ1n) is 4.63. The first-order chi connectivity index (χ1) is 5.77. The van der Waals surface area contributed by atoms with Gasteiger partial charge >= 0.3 is 0 Å². The van der Waals surface area contributed by atoms with E-state index in [9.17, 15) is 0 Å². The highest BCUT2D eigenvalue weighted by atomic mass is 14.6. The molecule has 0 spiro atoms. The second-order valence-electron chi connectivity index (χ2n) is 3.73. The van der Waals surface area contributed by atoms with Crippen LogP contribution in [0.3, 0.4) is 0 Å². The van der Waals surface area contributed by atoms with Gasteiger partial charge in [0.2, 0.25) is 0 Å². The van der Waals surface area contributed by atoms with Crippen molar-refractivity contribution in [1.29, 1.82) is 0 Å². The maximum Gasteiger partial charge on any atom is 0.0266 e. The van der Waals surface area contributed by atoms with Gasteiger partial charge in [-0.15, -0.1) is 0 Å². The van der Waals surface area contributed by atoms with Crippen LogP contribution >= 0.6 is 0 Å². The Morgan fingerprint density at radius 1 is 1.25 bits per heavy atom. The van der Waals surface area contributed by atoms with E-state index in [1.807, 2.05) is 6.92 Å². The Labute approximate surface area is 73.6 Å². The van der Waals surface area contributed by atoms with Crippen molar-refractivity contribution in [2.24, 2.45) is 5.73 Å². The molecule has 1 saturated carbocycles. The largest absolute Gasteiger partial charge is 0.324 e. The Hall–Kier alpha value is -0.820. The molecule has 0 heterocycles. The molecule has 1 aromatic rings. The standard InChI is InChI=1S/C11H15N/c1-8(12)9-2-4-10(5-3-9)11-6-7-11/h2-5,8,11H,6-7,12H2,1H3. The third-order valence-corrected chi connectivity index (χ3v) is 2.51. The summed E-state index contributed by atoms with van der Waals surface area (Å²) in [7, 11) is 0. The highest BCUT2D eigenvalue weighted by molar-refractivity contribution is 5.29. The molecule has 0 bridgehead atoms. The lowest BCUT2D eigenvalue weighted by atomic mass is 10.0. The zero-order valence-electron chi connectivity index (χ0n) is 7.46. The molecule has 1 atom stereocenters. The van der Waals surface area contributed by atoms with Gasteiger partial charge in [-0.25, -0.2) is 0 Å². The van der Waals surface area contributed by atoms with Gasteiger partial charge in [0.15, 0.2) is 0 Å². The fourth-order valence-corrected chi connectivity index (χ4v) is 1.49. The molecule has 1 unspecified atom stereocenters. The van der Waals surface area contributed by atoms with Gasteiger partial charge in [0.1, 0.15) is 0 Å². The minimum atomic E-state index is 0.165. The van der Waals surface area contributed by atoms with E-state index in [-0.39, 0.29) is 6.04 Å². The molecule has 1 nitrogen and oxygen atoms in total. The average molecular weight is 161 g/mol. The molecule has 0 aliphatic heterocycles. The summed E-state index contributed by atoms with van der Waals surface area (Å²) < 4.78 is 0. The lowest BCUT2D eigenvalue weighted by Crippen LogP contribution is -2.04. The van der Waals surface area contributed by atoms with Gasteiger partial charge in [0, 0.05) is 6.04 Å². The normalized spacial score (nSPS) is 19.2. The van der Waals surface area contributed by atoms with Gasteiger partial charge in [-0.1, -0.05) is 24.3 Å². The minimum Gasteiger partial charge on any atom is -0.324 e. The molecule has 1 heteroatoms. The molecule has 0 amide bonds. The number of nitrogens with two attached hydrogens (primary N) is 1. The van der Waals surface area contributed by atoms with Gasteiger partial charge in [-0.2, -0.15) is 0 Å². The van der Waals surface area contributed by atoms with Crippen LogP contribution in [0.2, 0.25) is 0 Å². The Kier molecular flexibility index (Phi) is 1.89. The highest BCUT2D eigenvalue weighted by Crippen LogP contribution is 2.40. The van der Waals surface area contributed by atoms with Crippen molar-refractivity contribution < 1.29 is 0 Å². The maximum absolute atomic E-state index is 5.76. The maximum atomic E-state index is 5.76. The van der Waals surface area contributed by atoms with E-state index in [4.69, 9.17) is 5.73 Å². The Morgan fingerprint density at radius 3 is 2.25 bits per heavy atom. The molecular weight excluding hydrogens is 146 g/mol. The van der Waals surface area contributed by atoms with Crippen LogP contribution in [-0.4, -0.2) is 0 Å². The van der Waals surface area contributed by atoms with Crippen LogP contribution in [0, 0.1) is 0 Å². The Balaban J connectivity index is 2.18. The number of rotatable bonds is 2. The van der Waals surface area contributed by atoms with Crippen molar-refractivity contribution in [3.05, 3.63) is 35.4 Å². The lowest BCUT2D eigenvalue weighted by Gasteiger charge is -2.05. The Morgan fingerprint density at radius 2 is 1.83 bits per heavy atom. The monoisotopic (exact) mass is 161 g/mol. The van der Waals surface area contributed by atoms with Crippen LogP contribution in [0.1, 0.15) is 42.9 Å². The quantitative estimate of drug-likeness (QED) is 0.708. The summed E-state index contributed by atoms with van der Waals surface area (Å²) in [5.74, 6) is 0.854. The summed E-state index contributed by atoms with van der Waals surface area (Å²) in [5.41, 5.74) is 8.48. The van der Waals surface area contributed by atoms with Gasteiger partial charge < -0.3 is 5.73 Å². The molecule has 2 rings (SSSR count). The second kappa shape index (κ2) is 2.91. The summed E-state index contributed by atoms with van der Waals surface area (Å²) >= 11 is 0. The Bertz CT molecular complexity index is 236. The van der Waals surface area contributed by atoms with Crippen molar-refractivity contribution in [2.45, 2.75) is 31.7 Å². The molecule has 1 fully saturated rings. The minimum absolute atomic E-state index is 0.165. The number of benzene rings is 1. The summed E-state index contributed by atoms with van der Waals surface area (Å²) in [5, 5.41) is 0. The highest BCUT2D eigenvalue weighted by Gasteiger charge is 2.22. The summed E-state index contributed by atoms with van der Waals surface area (Å²) in [6.07, 6.45) is 2.75. The van der Waals surface area contributed by atoms with Gasteiger partial charge in [0.05, 0.1) is 0 Å². The summed E-state index contributed by atoms with van der Waals surface area (Å²) in [6.45, 7) is 2.02. The second-order valence-corrected chi connectivity index (χ2v) is 3.73. The SMILES string of the molecule is CC(N)c1ccc(C2CC2)cc1. The van der Waals surface area contributed by atoms with E-state index in [2.05, 4.69) is 24.3 Å². The zero-order chi connectivity index (χ0) is 8.55. The van der Waals surface area contributed by atoms with Crippen LogP contribution < -0.4 is 5.73 Å². The van der Waals surface area contributed by atoms with Crippen LogP contribution in [-0.2, 0) is 0 Å². The number of hydrogen-bond donors (Lipinski definition) is 1. The van der Waals surface area contributed by atoms with Crippen LogP contribution in [0.5, 0.6) is 0 Å². The van der Waals surface area contributed by atoms with Crippen molar-refractivity contribution >= 4 is 0 Å². The first-order valence-corrected chi connectivity index (χ1v) is 4.63. The first kappa shape index (κ1) is 7.81. The molecule has 0 aromatic heterocycles. The van der Waals surface area contributed by atoms with Gasteiger partial charge in [0.25, 0.3) is 0 Å².